The van der Waals surface area contributed by atoms with Gasteiger partial charge in [-0.05, 0) is 67.4 Å². The maximum Gasteiger partial charge on any atom is 0.338 e. The van der Waals surface area contributed by atoms with E-state index in [1.165, 1.54) is 35.2 Å². The number of aliphatic hydroxyl groups excluding tert-OH is 1. The lowest BCUT2D eigenvalue weighted by molar-refractivity contribution is -0.132. The monoisotopic (exact) mass is 535 g/mol. The summed E-state index contributed by atoms with van der Waals surface area (Å²) in [4.78, 5) is 40.5. The standard InChI is InChI=1S/C29H26ClNO7/c1-3-14-38-29(36)18-6-5-7-19(15-18)31-25(17-8-10-20(32)11-9-17)24(27(34)28(31)35)26(33)22-16-21(37-4-2)12-13-23(22)30/h5-13,15-16,25,32-33H,3-4,14H2,1-2H3/b26-24+. The first-order valence-corrected chi connectivity index (χ1v) is 12.4. The molecule has 1 atom stereocenters. The molecule has 3 aromatic rings. The number of hydrogen-bond donors (Lipinski definition) is 2. The molecular weight excluding hydrogens is 510 g/mol. The number of carbonyl (C=O) groups is 3. The van der Waals surface area contributed by atoms with E-state index in [9.17, 15) is 24.6 Å². The Labute approximate surface area is 224 Å². The van der Waals surface area contributed by atoms with Crippen molar-refractivity contribution >= 4 is 40.7 Å². The summed E-state index contributed by atoms with van der Waals surface area (Å²) in [6.07, 6.45) is 0.647. The van der Waals surface area contributed by atoms with Gasteiger partial charge in [-0.3, -0.25) is 14.5 Å². The Bertz CT molecular complexity index is 1410. The maximum absolute atomic E-state index is 13.4. The van der Waals surface area contributed by atoms with E-state index in [2.05, 4.69) is 0 Å². The fraction of sp³-hybridized carbons (Fsp3) is 0.207. The lowest BCUT2D eigenvalue weighted by atomic mass is 9.95. The topological polar surface area (TPSA) is 113 Å². The van der Waals surface area contributed by atoms with E-state index in [1.807, 2.05) is 6.92 Å². The van der Waals surface area contributed by atoms with Gasteiger partial charge in [-0.2, -0.15) is 0 Å². The SMILES string of the molecule is CCCOC(=O)c1cccc(N2C(=O)C(=O)/C(=C(/O)c3cc(OCC)ccc3Cl)C2c2ccc(O)cc2)c1. The predicted octanol–water partition coefficient (Wildman–Crippen LogP) is 5.64. The van der Waals surface area contributed by atoms with Crippen molar-refractivity contribution in [3.63, 3.8) is 0 Å². The highest BCUT2D eigenvalue weighted by Crippen LogP contribution is 2.43. The third-order valence-electron chi connectivity index (χ3n) is 5.95. The quantitative estimate of drug-likeness (QED) is 0.166. The molecule has 2 N–H and O–H groups in total. The summed E-state index contributed by atoms with van der Waals surface area (Å²) in [6, 6.07) is 15.6. The van der Waals surface area contributed by atoms with Crippen LogP contribution in [0.5, 0.6) is 11.5 Å². The second kappa shape index (κ2) is 11.4. The first-order chi connectivity index (χ1) is 18.3. The van der Waals surface area contributed by atoms with Crippen molar-refractivity contribution < 1.29 is 34.1 Å². The molecule has 0 bridgehead atoms. The average Bonchev–Trinajstić information content (AvgIpc) is 3.18. The molecule has 0 radical (unpaired) electrons. The molecule has 0 aromatic heterocycles. The Morgan fingerprint density at radius 1 is 1.03 bits per heavy atom. The van der Waals surface area contributed by atoms with Crippen molar-refractivity contribution in [1.82, 2.24) is 0 Å². The molecule has 1 heterocycles. The third-order valence-corrected chi connectivity index (χ3v) is 6.28. The van der Waals surface area contributed by atoms with E-state index in [-0.39, 0.29) is 39.8 Å². The number of amides is 1. The molecule has 0 spiro atoms. The molecule has 1 fully saturated rings. The van der Waals surface area contributed by atoms with Crippen molar-refractivity contribution in [1.29, 1.82) is 0 Å². The number of esters is 1. The van der Waals surface area contributed by atoms with Crippen molar-refractivity contribution in [2.75, 3.05) is 18.1 Å². The summed E-state index contributed by atoms with van der Waals surface area (Å²) in [7, 11) is 0. The highest BCUT2D eigenvalue weighted by Gasteiger charge is 2.47. The van der Waals surface area contributed by atoms with Crippen LogP contribution in [0.3, 0.4) is 0 Å². The smallest absolute Gasteiger partial charge is 0.338 e. The van der Waals surface area contributed by atoms with Crippen LogP contribution in [0.2, 0.25) is 5.02 Å². The fourth-order valence-electron chi connectivity index (χ4n) is 4.22. The summed E-state index contributed by atoms with van der Waals surface area (Å²) in [5.74, 6) is -2.47. The number of Topliss-reactive ketones (excluding diaryl/α,β-unsaturated/α-hetero) is 1. The molecule has 196 valence electrons. The average molecular weight is 536 g/mol. The predicted molar refractivity (Wildman–Crippen MR) is 143 cm³/mol. The van der Waals surface area contributed by atoms with Gasteiger partial charge in [-0.25, -0.2) is 4.79 Å². The van der Waals surface area contributed by atoms with Gasteiger partial charge in [-0.1, -0.05) is 36.7 Å². The number of carbonyl (C=O) groups excluding carboxylic acids is 3. The molecule has 4 rings (SSSR count). The summed E-state index contributed by atoms with van der Waals surface area (Å²) in [5.41, 5.74) is 0.824. The number of phenolic OH excluding ortho intramolecular Hbond substituents is 1. The van der Waals surface area contributed by atoms with Crippen LogP contribution < -0.4 is 9.64 Å². The molecule has 1 amide bonds. The fourth-order valence-corrected chi connectivity index (χ4v) is 4.43. The van der Waals surface area contributed by atoms with Gasteiger partial charge in [-0.15, -0.1) is 0 Å². The van der Waals surface area contributed by atoms with E-state index in [1.54, 1.807) is 43.3 Å². The van der Waals surface area contributed by atoms with Crippen LogP contribution in [-0.2, 0) is 14.3 Å². The van der Waals surface area contributed by atoms with Gasteiger partial charge >= 0.3 is 5.97 Å². The first kappa shape index (κ1) is 26.8. The molecule has 1 saturated heterocycles. The molecule has 0 aliphatic carbocycles. The zero-order valence-electron chi connectivity index (χ0n) is 20.8. The van der Waals surface area contributed by atoms with Gasteiger partial charge in [0.1, 0.15) is 17.3 Å². The molecule has 0 saturated carbocycles. The molecule has 1 unspecified atom stereocenters. The summed E-state index contributed by atoms with van der Waals surface area (Å²) < 4.78 is 10.7. The molecule has 1 aliphatic rings. The minimum absolute atomic E-state index is 0.0150. The highest BCUT2D eigenvalue weighted by atomic mass is 35.5. The molecule has 3 aromatic carbocycles. The molecule has 38 heavy (non-hydrogen) atoms. The normalized spacial score (nSPS) is 16.5. The summed E-state index contributed by atoms with van der Waals surface area (Å²) >= 11 is 6.37. The highest BCUT2D eigenvalue weighted by molar-refractivity contribution is 6.52. The maximum atomic E-state index is 13.4. The van der Waals surface area contributed by atoms with Crippen molar-refractivity contribution in [3.8, 4) is 11.5 Å². The number of nitrogens with zero attached hydrogens (tertiary/aromatic N) is 1. The van der Waals surface area contributed by atoms with Crippen LogP contribution in [0.15, 0.2) is 72.3 Å². The van der Waals surface area contributed by atoms with Gasteiger partial charge in [0, 0.05) is 11.3 Å². The minimum atomic E-state index is -1.08. The number of hydrogen-bond acceptors (Lipinski definition) is 7. The Balaban J connectivity index is 1.90. The lowest BCUT2D eigenvalue weighted by Crippen LogP contribution is -2.29. The Morgan fingerprint density at radius 3 is 2.45 bits per heavy atom. The number of anilines is 1. The second-order valence-corrected chi connectivity index (χ2v) is 8.93. The van der Waals surface area contributed by atoms with E-state index in [0.29, 0.717) is 24.3 Å². The molecule has 8 nitrogen and oxygen atoms in total. The van der Waals surface area contributed by atoms with Gasteiger partial charge in [0.15, 0.2) is 0 Å². The van der Waals surface area contributed by atoms with Crippen LogP contribution in [-0.4, -0.2) is 41.1 Å². The van der Waals surface area contributed by atoms with Crippen molar-refractivity contribution in [2.24, 2.45) is 0 Å². The summed E-state index contributed by atoms with van der Waals surface area (Å²) in [6.45, 7) is 4.28. The summed E-state index contributed by atoms with van der Waals surface area (Å²) in [5, 5.41) is 21.4. The number of benzene rings is 3. The zero-order valence-corrected chi connectivity index (χ0v) is 21.6. The van der Waals surface area contributed by atoms with Crippen LogP contribution in [0.4, 0.5) is 5.69 Å². The minimum Gasteiger partial charge on any atom is -0.508 e. The van der Waals surface area contributed by atoms with E-state index in [0.717, 1.165) is 0 Å². The van der Waals surface area contributed by atoms with Crippen molar-refractivity contribution in [2.45, 2.75) is 26.3 Å². The third kappa shape index (κ3) is 5.21. The van der Waals surface area contributed by atoms with Gasteiger partial charge in [0.25, 0.3) is 11.7 Å². The number of ketones is 1. The van der Waals surface area contributed by atoms with Crippen LogP contribution in [0, 0.1) is 0 Å². The van der Waals surface area contributed by atoms with Crippen LogP contribution >= 0.6 is 11.6 Å². The van der Waals surface area contributed by atoms with Crippen LogP contribution in [0.1, 0.15) is 47.8 Å². The number of ether oxygens (including phenoxy) is 2. The second-order valence-electron chi connectivity index (χ2n) is 8.52. The van der Waals surface area contributed by atoms with Crippen LogP contribution in [0.25, 0.3) is 5.76 Å². The number of halogens is 1. The van der Waals surface area contributed by atoms with E-state index >= 15 is 0 Å². The van der Waals surface area contributed by atoms with Crippen molar-refractivity contribution in [3.05, 3.63) is 94.0 Å². The Kier molecular flexibility index (Phi) is 8.02. The zero-order chi connectivity index (χ0) is 27.4. The first-order valence-electron chi connectivity index (χ1n) is 12.1. The number of aromatic hydroxyl groups is 1. The largest absolute Gasteiger partial charge is 0.508 e. The molecule has 9 heteroatoms. The van der Waals surface area contributed by atoms with E-state index < -0.39 is 29.5 Å². The number of aliphatic hydroxyl groups is 1. The lowest BCUT2D eigenvalue weighted by Gasteiger charge is -2.26. The molecule has 1 aliphatic heterocycles. The van der Waals surface area contributed by atoms with E-state index in [4.69, 9.17) is 21.1 Å². The number of rotatable bonds is 8. The van der Waals surface area contributed by atoms with Gasteiger partial charge in [0.05, 0.1) is 35.4 Å². The Hall–Kier alpha value is -4.30. The van der Waals surface area contributed by atoms with Gasteiger partial charge in [0.2, 0.25) is 0 Å². The number of phenols is 1. The Morgan fingerprint density at radius 2 is 1.76 bits per heavy atom. The van der Waals surface area contributed by atoms with Gasteiger partial charge < -0.3 is 19.7 Å². The molecular formula is C29H26ClNO7.